The minimum atomic E-state index is -2.94. The first-order chi connectivity index (χ1) is 10.0. The standard InChI is InChI=1S/C17H21NO2S/c1-21(19,20)13-12-18-17(16-10-6-3-7-11-16)14-15-8-4-2-5-9-15/h2-11,17-18H,12-14H2,1H3. The molecule has 1 N–H and O–H groups in total. The predicted octanol–water partition coefficient (Wildman–Crippen LogP) is 2.60. The third-order valence-electron chi connectivity index (χ3n) is 3.35. The molecule has 0 amide bonds. The first-order valence-corrected chi connectivity index (χ1v) is 9.10. The maximum absolute atomic E-state index is 11.3. The number of sulfone groups is 1. The van der Waals surface area contributed by atoms with Crippen LogP contribution in [-0.2, 0) is 16.3 Å². The number of rotatable bonds is 7. The van der Waals surface area contributed by atoms with E-state index in [-0.39, 0.29) is 11.8 Å². The molecular formula is C17H21NO2S. The van der Waals surface area contributed by atoms with Gasteiger partial charge in [0.25, 0.3) is 0 Å². The Kier molecular flexibility index (Phi) is 5.53. The number of nitrogens with one attached hydrogen (secondary N) is 1. The fourth-order valence-corrected chi connectivity index (χ4v) is 2.75. The second-order valence-corrected chi connectivity index (χ2v) is 7.50. The normalized spacial score (nSPS) is 13.0. The van der Waals surface area contributed by atoms with Crippen LogP contribution in [0.5, 0.6) is 0 Å². The summed E-state index contributed by atoms with van der Waals surface area (Å²) in [5.41, 5.74) is 2.41. The Labute approximate surface area is 126 Å². The molecule has 0 saturated carbocycles. The van der Waals surface area contributed by atoms with E-state index >= 15 is 0 Å². The van der Waals surface area contributed by atoms with E-state index in [1.165, 1.54) is 17.4 Å². The van der Waals surface area contributed by atoms with Gasteiger partial charge in [-0.05, 0) is 17.5 Å². The van der Waals surface area contributed by atoms with Crippen LogP contribution in [-0.4, -0.2) is 27.0 Å². The van der Waals surface area contributed by atoms with Gasteiger partial charge in [-0.25, -0.2) is 8.42 Å². The Morgan fingerprint density at radius 1 is 0.952 bits per heavy atom. The van der Waals surface area contributed by atoms with Gasteiger partial charge in [0, 0.05) is 18.8 Å². The monoisotopic (exact) mass is 303 g/mol. The Morgan fingerprint density at radius 2 is 1.52 bits per heavy atom. The van der Waals surface area contributed by atoms with Crippen LogP contribution in [0.4, 0.5) is 0 Å². The first kappa shape index (κ1) is 15.7. The van der Waals surface area contributed by atoms with Crippen LogP contribution in [0.15, 0.2) is 60.7 Å². The summed E-state index contributed by atoms with van der Waals surface area (Å²) in [6.45, 7) is 0.464. The van der Waals surface area contributed by atoms with Crippen LogP contribution >= 0.6 is 0 Å². The van der Waals surface area contributed by atoms with E-state index in [0.717, 1.165) is 6.42 Å². The summed E-state index contributed by atoms with van der Waals surface area (Å²) in [5, 5.41) is 3.36. The predicted molar refractivity (Wildman–Crippen MR) is 87.0 cm³/mol. The molecule has 112 valence electrons. The zero-order chi connectivity index (χ0) is 15.1. The van der Waals surface area contributed by atoms with E-state index in [1.54, 1.807) is 0 Å². The molecule has 2 aromatic rings. The highest BCUT2D eigenvalue weighted by Crippen LogP contribution is 2.18. The van der Waals surface area contributed by atoms with Crippen LogP contribution < -0.4 is 5.32 Å². The molecule has 0 heterocycles. The fraction of sp³-hybridized carbons (Fsp3) is 0.294. The van der Waals surface area contributed by atoms with Crippen molar-refractivity contribution in [2.75, 3.05) is 18.6 Å². The average Bonchev–Trinajstić information content (AvgIpc) is 2.47. The Bertz CT molecular complexity index is 639. The molecule has 21 heavy (non-hydrogen) atoms. The van der Waals surface area contributed by atoms with Gasteiger partial charge in [0.05, 0.1) is 5.75 Å². The van der Waals surface area contributed by atoms with Crippen molar-refractivity contribution in [2.45, 2.75) is 12.5 Å². The molecule has 0 spiro atoms. The lowest BCUT2D eigenvalue weighted by atomic mass is 9.99. The Hall–Kier alpha value is -1.65. The zero-order valence-electron chi connectivity index (χ0n) is 12.2. The van der Waals surface area contributed by atoms with Crippen LogP contribution in [0.2, 0.25) is 0 Å². The lowest BCUT2D eigenvalue weighted by Gasteiger charge is -2.19. The molecule has 3 nitrogen and oxygen atoms in total. The summed E-state index contributed by atoms with van der Waals surface area (Å²) in [6, 6.07) is 20.5. The fourth-order valence-electron chi connectivity index (χ4n) is 2.26. The molecule has 1 atom stereocenters. The highest BCUT2D eigenvalue weighted by Gasteiger charge is 2.12. The van der Waals surface area contributed by atoms with Crippen LogP contribution in [0.25, 0.3) is 0 Å². The van der Waals surface area contributed by atoms with E-state index < -0.39 is 9.84 Å². The molecule has 2 aromatic carbocycles. The third-order valence-corrected chi connectivity index (χ3v) is 4.29. The van der Waals surface area contributed by atoms with Crippen molar-refractivity contribution >= 4 is 9.84 Å². The molecule has 0 aliphatic rings. The van der Waals surface area contributed by atoms with Crippen molar-refractivity contribution < 1.29 is 8.42 Å². The van der Waals surface area contributed by atoms with Crippen LogP contribution in [0, 0.1) is 0 Å². The van der Waals surface area contributed by atoms with Gasteiger partial charge in [-0.15, -0.1) is 0 Å². The topological polar surface area (TPSA) is 46.2 Å². The summed E-state index contributed by atoms with van der Waals surface area (Å²) in [5.74, 6) is 0.158. The molecule has 2 rings (SSSR count). The molecule has 0 aliphatic carbocycles. The zero-order valence-corrected chi connectivity index (χ0v) is 13.0. The van der Waals surface area contributed by atoms with Crippen molar-refractivity contribution in [1.29, 1.82) is 0 Å². The highest BCUT2D eigenvalue weighted by atomic mass is 32.2. The maximum atomic E-state index is 11.3. The second-order valence-electron chi connectivity index (χ2n) is 5.24. The smallest absolute Gasteiger partial charge is 0.148 e. The molecule has 0 radical (unpaired) electrons. The molecule has 4 heteroatoms. The van der Waals surface area contributed by atoms with Gasteiger partial charge < -0.3 is 5.32 Å². The molecule has 0 aliphatic heterocycles. The summed E-state index contributed by atoms with van der Waals surface area (Å²) >= 11 is 0. The molecule has 0 aromatic heterocycles. The summed E-state index contributed by atoms with van der Waals surface area (Å²) in [4.78, 5) is 0. The molecule has 0 saturated heterocycles. The van der Waals surface area contributed by atoms with Gasteiger partial charge in [-0.2, -0.15) is 0 Å². The highest BCUT2D eigenvalue weighted by molar-refractivity contribution is 7.90. The second kappa shape index (κ2) is 7.38. The van der Waals surface area contributed by atoms with Gasteiger partial charge in [-0.3, -0.25) is 0 Å². The van der Waals surface area contributed by atoms with E-state index in [1.807, 2.05) is 36.4 Å². The van der Waals surface area contributed by atoms with Crippen molar-refractivity contribution in [3.63, 3.8) is 0 Å². The lowest BCUT2D eigenvalue weighted by Crippen LogP contribution is -2.28. The van der Waals surface area contributed by atoms with Crippen LogP contribution in [0.1, 0.15) is 17.2 Å². The van der Waals surface area contributed by atoms with Gasteiger partial charge >= 0.3 is 0 Å². The Morgan fingerprint density at radius 3 is 2.10 bits per heavy atom. The largest absolute Gasteiger partial charge is 0.309 e. The van der Waals surface area contributed by atoms with Gasteiger partial charge in [0.2, 0.25) is 0 Å². The first-order valence-electron chi connectivity index (χ1n) is 7.04. The molecule has 0 fully saturated rings. The minimum Gasteiger partial charge on any atom is -0.309 e. The summed E-state index contributed by atoms with van der Waals surface area (Å²) in [7, 11) is -2.94. The lowest BCUT2D eigenvalue weighted by molar-refractivity contribution is 0.543. The maximum Gasteiger partial charge on any atom is 0.148 e. The molecule has 1 unspecified atom stereocenters. The van der Waals surface area contributed by atoms with Crippen molar-refractivity contribution in [1.82, 2.24) is 5.32 Å². The summed E-state index contributed by atoms with van der Waals surface area (Å²) < 4.78 is 22.5. The minimum absolute atomic E-state index is 0.121. The van der Waals surface area contributed by atoms with E-state index in [2.05, 4.69) is 29.6 Å². The number of benzene rings is 2. The van der Waals surface area contributed by atoms with Crippen molar-refractivity contribution in [3.8, 4) is 0 Å². The molecule has 0 bridgehead atoms. The SMILES string of the molecule is CS(=O)(=O)CCNC(Cc1ccccc1)c1ccccc1. The van der Waals surface area contributed by atoms with Crippen LogP contribution in [0.3, 0.4) is 0 Å². The number of hydrogen-bond donors (Lipinski definition) is 1. The van der Waals surface area contributed by atoms with Crippen molar-refractivity contribution in [3.05, 3.63) is 71.8 Å². The third kappa shape index (κ3) is 5.69. The van der Waals surface area contributed by atoms with Gasteiger partial charge in [-0.1, -0.05) is 60.7 Å². The number of hydrogen-bond acceptors (Lipinski definition) is 3. The summed E-state index contributed by atoms with van der Waals surface area (Å²) in [6.07, 6.45) is 2.11. The quantitative estimate of drug-likeness (QED) is 0.855. The Balaban J connectivity index is 2.07. The van der Waals surface area contributed by atoms with Gasteiger partial charge in [0.15, 0.2) is 0 Å². The molecular weight excluding hydrogens is 282 g/mol. The van der Waals surface area contributed by atoms with E-state index in [9.17, 15) is 8.42 Å². The average molecular weight is 303 g/mol. The van der Waals surface area contributed by atoms with E-state index in [0.29, 0.717) is 6.54 Å². The van der Waals surface area contributed by atoms with Crippen molar-refractivity contribution in [2.24, 2.45) is 0 Å². The van der Waals surface area contributed by atoms with E-state index in [4.69, 9.17) is 0 Å². The van der Waals surface area contributed by atoms with Gasteiger partial charge in [0.1, 0.15) is 9.84 Å².